The van der Waals surface area contributed by atoms with Crippen LogP contribution >= 0.6 is 0 Å². The second-order valence-corrected chi connectivity index (χ2v) is 6.16. The Kier molecular flexibility index (Phi) is 3.23. The van der Waals surface area contributed by atoms with E-state index in [1.54, 1.807) is 8.94 Å². The molecule has 0 nitrogen and oxygen atoms in total. The summed E-state index contributed by atoms with van der Waals surface area (Å²) in [5.41, 5.74) is 0. The molecular formula is C13H15Fe. The van der Waals surface area contributed by atoms with Crippen LogP contribution < -0.4 is 0 Å². The maximum atomic E-state index is 3.87. The standard InChI is InChI=1S/2C5H5.C3H5.Fe/c2*1-2-4-5-3-1;1-3-2;/h2*1-3H,4H2;3H,1-2H2;. The Labute approximate surface area is 90.3 Å². The van der Waals surface area contributed by atoms with E-state index in [1.807, 2.05) is 0 Å². The predicted octanol–water partition coefficient (Wildman–Crippen LogP) is 3.90. The first-order chi connectivity index (χ1) is 6.92. The first-order valence-corrected chi connectivity index (χ1v) is 6.74. The van der Waals surface area contributed by atoms with Crippen molar-refractivity contribution in [1.82, 2.24) is 0 Å². The Morgan fingerprint density at radius 3 is 2.07 bits per heavy atom. The minimum atomic E-state index is -0.278. The van der Waals surface area contributed by atoms with E-state index in [1.165, 1.54) is 0 Å². The first-order valence-electron chi connectivity index (χ1n) is 4.85. The van der Waals surface area contributed by atoms with Gasteiger partial charge in [-0.1, -0.05) is 0 Å². The Morgan fingerprint density at radius 1 is 1.14 bits per heavy atom. The Morgan fingerprint density at radius 2 is 1.71 bits per heavy atom. The zero-order valence-electron chi connectivity index (χ0n) is 8.22. The van der Waals surface area contributed by atoms with Crippen LogP contribution in [0.2, 0.25) is 5.32 Å². The van der Waals surface area contributed by atoms with Gasteiger partial charge < -0.3 is 0 Å². The van der Waals surface area contributed by atoms with Crippen LogP contribution in [0.4, 0.5) is 0 Å². The summed E-state index contributed by atoms with van der Waals surface area (Å²) in [6.07, 6.45) is 17.8. The number of allylic oxidation sites excluding steroid dienone is 9. The van der Waals surface area contributed by atoms with Gasteiger partial charge in [-0.2, -0.15) is 0 Å². The summed E-state index contributed by atoms with van der Waals surface area (Å²) in [6, 6.07) is 0. The molecule has 14 heavy (non-hydrogen) atoms. The van der Waals surface area contributed by atoms with Gasteiger partial charge in [-0.05, 0) is 0 Å². The topological polar surface area (TPSA) is 0 Å². The van der Waals surface area contributed by atoms with Gasteiger partial charge in [-0.15, -0.1) is 0 Å². The number of hydrogen-bond acceptors (Lipinski definition) is 0. The molecule has 0 aromatic heterocycles. The van der Waals surface area contributed by atoms with E-state index >= 15 is 0 Å². The molecule has 0 aliphatic heterocycles. The number of rotatable bonds is 4. The fraction of sp³-hybridized carbons (Fsp3) is 0.231. The molecular weight excluding hydrogens is 212 g/mol. The van der Waals surface area contributed by atoms with E-state index in [0.717, 1.165) is 18.2 Å². The second-order valence-electron chi connectivity index (χ2n) is 3.23. The molecule has 0 atom stereocenters. The monoisotopic (exact) mass is 227 g/mol. The van der Waals surface area contributed by atoms with E-state index in [0.29, 0.717) is 0 Å². The molecule has 0 amide bonds. The van der Waals surface area contributed by atoms with Crippen molar-refractivity contribution in [2.75, 3.05) is 0 Å². The predicted molar refractivity (Wildman–Crippen MR) is 58.7 cm³/mol. The summed E-state index contributed by atoms with van der Waals surface area (Å²) >= 11 is -0.278. The quantitative estimate of drug-likeness (QED) is 0.504. The van der Waals surface area contributed by atoms with Crippen molar-refractivity contribution >= 4 is 0 Å². The third-order valence-corrected chi connectivity index (χ3v) is 5.53. The van der Waals surface area contributed by atoms with Gasteiger partial charge in [-0.3, -0.25) is 0 Å². The summed E-state index contributed by atoms with van der Waals surface area (Å²) in [5, 5.41) is 1.15. The fourth-order valence-corrected chi connectivity index (χ4v) is 4.40. The van der Waals surface area contributed by atoms with Crippen molar-refractivity contribution < 1.29 is 13.9 Å². The van der Waals surface area contributed by atoms with Crippen LogP contribution in [-0.2, 0) is 13.9 Å². The van der Waals surface area contributed by atoms with Crippen molar-refractivity contribution in [3.8, 4) is 0 Å². The average Bonchev–Trinajstić information content (AvgIpc) is 2.87. The zero-order valence-corrected chi connectivity index (χ0v) is 9.33. The third-order valence-electron chi connectivity index (χ3n) is 2.23. The molecule has 0 fully saturated rings. The van der Waals surface area contributed by atoms with Gasteiger partial charge in [0, 0.05) is 0 Å². The van der Waals surface area contributed by atoms with Crippen LogP contribution in [0, 0.1) is 0 Å². The Balaban J connectivity index is 2.11. The molecule has 2 aliphatic carbocycles. The normalized spacial score (nSPS) is 19.6. The SMILES string of the molecule is C=C[CH2][Fe]([C]1=CC=CC1)[C]1=CC=CC1. The Hall–Kier alpha value is -0.781. The van der Waals surface area contributed by atoms with Crippen molar-refractivity contribution in [3.63, 3.8) is 0 Å². The van der Waals surface area contributed by atoms with Gasteiger partial charge in [0.15, 0.2) is 0 Å². The van der Waals surface area contributed by atoms with E-state index in [2.05, 4.69) is 49.1 Å². The fourth-order valence-electron chi connectivity index (χ4n) is 1.58. The van der Waals surface area contributed by atoms with Crippen LogP contribution in [0.3, 0.4) is 0 Å². The second kappa shape index (κ2) is 4.63. The average molecular weight is 227 g/mol. The molecule has 0 spiro atoms. The van der Waals surface area contributed by atoms with Crippen LogP contribution in [0.15, 0.2) is 58.1 Å². The van der Waals surface area contributed by atoms with E-state index < -0.39 is 0 Å². The van der Waals surface area contributed by atoms with Crippen LogP contribution in [0.1, 0.15) is 12.8 Å². The molecule has 0 aromatic rings. The van der Waals surface area contributed by atoms with E-state index in [9.17, 15) is 0 Å². The Bertz CT molecular complexity index is 312. The molecule has 0 radical (unpaired) electrons. The van der Waals surface area contributed by atoms with Crippen molar-refractivity contribution in [3.05, 3.63) is 58.1 Å². The minimum absolute atomic E-state index is 0.278. The molecule has 0 saturated carbocycles. The van der Waals surface area contributed by atoms with Gasteiger partial charge in [-0.25, -0.2) is 0 Å². The summed E-state index contributed by atoms with van der Waals surface area (Å²) in [7, 11) is 0. The van der Waals surface area contributed by atoms with Crippen LogP contribution in [0.25, 0.3) is 0 Å². The summed E-state index contributed by atoms with van der Waals surface area (Å²) < 4.78 is 3.25. The van der Waals surface area contributed by atoms with E-state index in [-0.39, 0.29) is 13.9 Å². The first kappa shape index (κ1) is 9.76. The summed E-state index contributed by atoms with van der Waals surface area (Å²) in [4.78, 5) is 0. The molecule has 75 valence electrons. The van der Waals surface area contributed by atoms with Gasteiger partial charge >= 0.3 is 90.1 Å². The maximum absolute atomic E-state index is 3.87. The molecule has 0 N–H and O–H groups in total. The molecule has 0 aromatic carbocycles. The van der Waals surface area contributed by atoms with E-state index in [4.69, 9.17) is 0 Å². The molecule has 1 heteroatoms. The summed E-state index contributed by atoms with van der Waals surface area (Å²) in [5.74, 6) is 0. The zero-order chi connectivity index (χ0) is 9.80. The summed E-state index contributed by atoms with van der Waals surface area (Å²) in [6.45, 7) is 3.87. The van der Waals surface area contributed by atoms with Gasteiger partial charge in [0.1, 0.15) is 0 Å². The molecule has 0 bridgehead atoms. The van der Waals surface area contributed by atoms with Crippen LogP contribution in [0.5, 0.6) is 0 Å². The van der Waals surface area contributed by atoms with Gasteiger partial charge in [0.25, 0.3) is 0 Å². The van der Waals surface area contributed by atoms with Crippen LogP contribution in [-0.4, -0.2) is 0 Å². The van der Waals surface area contributed by atoms with Crippen molar-refractivity contribution in [2.45, 2.75) is 18.2 Å². The molecule has 0 saturated heterocycles. The molecule has 0 heterocycles. The molecule has 2 rings (SSSR count). The molecule has 0 unspecified atom stereocenters. The van der Waals surface area contributed by atoms with Gasteiger partial charge in [0.05, 0.1) is 0 Å². The molecule has 2 aliphatic rings. The third kappa shape index (κ3) is 2.00. The van der Waals surface area contributed by atoms with Crippen molar-refractivity contribution in [1.29, 1.82) is 0 Å². The van der Waals surface area contributed by atoms with Crippen molar-refractivity contribution in [2.24, 2.45) is 0 Å². The number of hydrogen-bond donors (Lipinski definition) is 0. The van der Waals surface area contributed by atoms with Gasteiger partial charge in [0.2, 0.25) is 0 Å².